The molecular weight excluding hydrogens is 188 g/mol. The third kappa shape index (κ3) is 2.15. The number of rotatable bonds is 3. The number of aromatic amines is 1. The van der Waals surface area contributed by atoms with Crippen LogP contribution in [-0.4, -0.2) is 15.2 Å². The van der Waals surface area contributed by atoms with E-state index in [4.69, 9.17) is 0 Å². The summed E-state index contributed by atoms with van der Waals surface area (Å²) in [6.45, 7) is 4.07. The average Bonchev–Trinajstić information content (AvgIpc) is 2.74. The lowest BCUT2D eigenvalue weighted by Crippen LogP contribution is -2.08. The van der Waals surface area contributed by atoms with Crippen molar-refractivity contribution >= 4 is 5.69 Å². The fourth-order valence-electron chi connectivity index (χ4n) is 1.46. The maximum absolute atomic E-state index is 4.23. The van der Waals surface area contributed by atoms with Crippen molar-refractivity contribution in [2.75, 3.05) is 5.32 Å². The minimum atomic E-state index is 0.204. The summed E-state index contributed by atoms with van der Waals surface area (Å²) in [5.41, 5.74) is 3.13. The van der Waals surface area contributed by atoms with Crippen LogP contribution >= 0.6 is 0 Å². The van der Waals surface area contributed by atoms with Gasteiger partial charge in [0.15, 0.2) is 0 Å². The van der Waals surface area contributed by atoms with Crippen LogP contribution in [0.15, 0.2) is 30.6 Å². The van der Waals surface area contributed by atoms with Gasteiger partial charge in [0.05, 0.1) is 23.1 Å². The Morgan fingerprint density at radius 2 is 2.20 bits per heavy atom. The summed E-state index contributed by atoms with van der Waals surface area (Å²) >= 11 is 0. The quantitative estimate of drug-likeness (QED) is 0.802. The monoisotopic (exact) mass is 202 g/mol. The van der Waals surface area contributed by atoms with Crippen molar-refractivity contribution in [1.29, 1.82) is 0 Å². The topological polar surface area (TPSA) is 53.6 Å². The number of H-pyrrole nitrogens is 1. The molecule has 2 N–H and O–H groups in total. The number of nitrogens with one attached hydrogen (secondary N) is 2. The molecule has 2 heterocycles. The summed E-state index contributed by atoms with van der Waals surface area (Å²) in [4.78, 5) is 4.23. The molecule has 0 spiro atoms. The Morgan fingerprint density at radius 1 is 1.33 bits per heavy atom. The molecule has 0 saturated carbocycles. The summed E-state index contributed by atoms with van der Waals surface area (Å²) < 4.78 is 0. The van der Waals surface area contributed by atoms with Crippen molar-refractivity contribution in [3.05, 3.63) is 42.0 Å². The normalized spacial score (nSPS) is 12.4. The minimum absolute atomic E-state index is 0.204. The molecule has 0 amide bonds. The zero-order valence-electron chi connectivity index (χ0n) is 8.86. The van der Waals surface area contributed by atoms with E-state index < -0.39 is 0 Å². The first-order valence-corrected chi connectivity index (χ1v) is 4.95. The summed E-state index contributed by atoms with van der Waals surface area (Å²) in [5.74, 6) is 0. The lowest BCUT2D eigenvalue weighted by molar-refractivity contribution is 0.822. The molecule has 2 aromatic heterocycles. The summed E-state index contributed by atoms with van der Waals surface area (Å²) in [5, 5.41) is 10.2. The van der Waals surface area contributed by atoms with Gasteiger partial charge in [-0.05, 0) is 32.0 Å². The van der Waals surface area contributed by atoms with E-state index in [1.165, 1.54) is 0 Å². The molecule has 0 aliphatic carbocycles. The molecule has 0 aliphatic rings. The average molecular weight is 202 g/mol. The highest BCUT2D eigenvalue weighted by atomic mass is 15.1. The number of anilines is 1. The van der Waals surface area contributed by atoms with Crippen LogP contribution in [0.25, 0.3) is 0 Å². The Bertz CT molecular complexity index is 422. The van der Waals surface area contributed by atoms with Gasteiger partial charge in [-0.1, -0.05) is 0 Å². The van der Waals surface area contributed by atoms with Gasteiger partial charge in [0.1, 0.15) is 0 Å². The first-order valence-electron chi connectivity index (χ1n) is 4.95. The molecule has 2 aromatic rings. The number of aryl methyl sites for hydroxylation is 1. The van der Waals surface area contributed by atoms with Gasteiger partial charge in [0, 0.05) is 12.4 Å². The smallest absolute Gasteiger partial charge is 0.0652 e. The first-order chi connectivity index (χ1) is 7.27. The van der Waals surface area contributed by atoms with Gasteiger partial charge in [-0.25, -0.2) is 0 Å². The Balaban J connectivity index is 2.13. The third-order valence-electron chi connectivity index (χ3n) is 2.37. The second kappa shape index (κ2) is 4.13. The maximum atomic E-state index is 4.23. The molecular formula is C11H14N4. The fourth-order valence-corrected chi connectivity index (χ4v) is 1.46. The Kier molecular flexibility index (Phi) is 2.67. The van der Waals surface area contributed by atoms with Crippen LogP contribution in [0.2, 0.25) is 0 Å². The Morgan fingerprint density at radius 3 is 2.87 bits per heavy atom. The van der Waals surface area contributed by atoms with Crippen molar-refractivity contribution in [2.45, 2.75) is 19.9 Å². The Labute approximate surface area is 88.8 Å². The van der Waals surface area contributed by atoms with Crippen molar-refractivity contribution < 1.29 is 0 Å². The van der Waals surface area contributed by atoms with E-state index in [0.717, 1.165) is 17.1 Å². The zero-order valence-corrected chi connectivity index (χ0v) is 8.86. The van der Waals surface area contributed by atoms with E-state index in [2.05, 4.69) is 27.4 Å². The van der Waals surface area contributed by atoms with Gasteiger partial charge in [-0.15, -0.1) is 0 Å². The number of hydrogen-bond donors (Lipinski definition) is 2. The van der Waals surface area contributed by atoms with Gasteiger partial charge in [0.2, 0.25) is 0 Å². The molecule has 0 fully saturated rings. The first kappa shape index (κ1) is 9.71. The largest absolute Gasteiger partial charge is 0.376 e. The standard InChI is InChI=1S/C11H14N4/c1-8-10(4-3-6-12-8)14-9(2)11-5-7-13-15-11/h3-7,9,14H,1-2H3,(H,13,15). The van der Waals surface area contributed by atoms with Crippen molar-refractivity contribution in [2.24, 2.45) is 0 Å². The van der Waals surface area contributed by atoms with Gasteiger partial charge >= 0.3 is 0 Å². The molecule has 4 heteroatoms. The van der Waals surface area contributed by atoms with E-state index in [1.54, 1.807) is 12.4 Å². The molecule has 78 valence electrons. The highest BCUT2D eigenvalue weighted by Crippen LogP contribution is 2.18. The van der Waals surface area contributed by atoms with Gasteiger partial charge in [-0.2, -0.15) is 5.10 Å². The zero-order chi connectivity index (χ0) is 10.7. The van der Waals surface area contributed by atoms with E-state index in [1.807, 2.05) is 25.1 Å². The van der Waals surface area contributed by atoms with Crippen LogP contribution in [0, 0.1) is 6.92 Å². The molecule has 0 aliphatic heterocycles. The SMILES string of the molecule is Cc1ncccc1NC(C)c1ccn[nH]1. The van der Waals surface area contributed by atoms with Crippen LogP contribution in [0.1, 0.15) is 24.4 Å². The fraction of sp³-hybridized carbons (Fsp3) is 0.273. The van der Waals surface area contributed by atoms with Crippen LogP contribution < -0.4 is 5.32 Å². The highest BCUT2D eigenvalue weighted by Gasteiger charge is 2.07. The maximum Gasteiger partial charge on any atom is 0.0652 e. The lowest BCUT2D eigenvalue weighted by Gasteiger charge is -2.14. The van der Waals surface area contributed by atoms with E-state index >= 15 is 0 Å². The molecule has 0 bridgehead atoms. The summed E-state index contributed by atoms with van der Waals surface area (Å²) in [6, 6.07) is 6.11. The number of hydrogen-bond acceptors (Lipinski definition) is 3. The lowest BCUT2D eigenvalue weighted by atomic mass is 10.2. The second-order valence-corrected chi connectivity index (χ2v) is 3.51. The number of aromatic nitrogens is 3. The van der Waals surface area contributed by atoms with E-state index in [9.17, 15) is 0 Å². The van der Waals surface area contributed by atoms with E-state index in [0.29, 0.717) is 0 Å². The third-order valence-corrected chi connectivity index (χ3v) is 2.37. The van der Waals surface area contributed by atoms with Gasteiger partial charge in [0.25, 0.3) is 0 Å². The number of nitrogens with zero attached hydrogens (tertiary/aromatic N) is 2. The van der Waals surface area contributed by atoms with Crippen molar-refractivity contribution in [1.82, 2.24) is 15.2 Å². The molecule has 0 radical (unpaired) electrons. The van der Waals surface area contributed by atoms with Crippen molar-refractivity contribution in [3.63, 3.8) is 0 Å². The Hall–Kier alpha value is -1.84. The predicted molar refractivity (Wildman–Crippen MR) is 59.6 cm³/mol. The number of pyridine rings is 1. The van der Waals surface area contributed by atoms with Gasteiger partial charge in [-0.3, -0.25) is 10.1 Å². The molecule has 0 saturated heterocycles. The minimum Gasteiger partial charge on any atom is -0.376 e. The van der Waals surface area contributed by atoms with Crippen molar-refractivity contribution in [3.8, 4) is 0 Å². The molecule has 2 rings (SSSR count). The summed E-state index contributed by atoms with van der Waals surface area (Å²) in [7, 11) is 0. The molecule has 1 unspecified atom stereocenters. The molecule has 4 nitrogen and oxygen atoms in total. The highest BCUT2D eigenvalue weighted by molar-refractivity contribution is 5.48. The predicted octanol–water partition coefficient (Wildman–Crippen LogP) is 2.29. The molecule has 1 atom stereocenters. The van der Waals surface area contributed by atoms with E-state index in [-0.39, 0.29) is 6.04 Å². The van der Waals surface area contributed by atoms with Crippen LogP contribution in [0.3, 0.4) is 0 Å². The molecule has 0 aromatic carbocycles. The van der Waals surface area contributed by atoms with Gasteiger partial charge < -0.3 is 5.32 Å². The summed E-state index contributed by atoms with van der Waals surface area (Å²) in [6.07, 6.45) is 3.55. The van der Waals surface area contributed by atoms with Crippen LogP contribution in [-0.2, 0) is 0 Å². The van der Waals surface area contributed by atoms with Crippen LogP contribution in [0.5, 0.6) is 0 Å². The second-order valence-electron chi connectivity index (χ2n) is 3.51. The molecule has 15 heavy (non-hydrogen) atoms. The van der Waals surface area contributed by atoms with Crippen LogP contribution in [0.4, 0.5) is 5.69 Å².